The lowest BCUT2D eigenvalue weighted by Crippen LogP contribution is -2.27. The maximum atomic E-state index is 5.98. The first-order valence-electron chi connectivity index (χ1n) is 6.46. The highest BCUT2D eigenvalue weighted by Gasteiger charge is 2.22. The molecule has 19 heavy (non-hydrogen) atoms. The third-order valence-electron chi connectivity index (χ3n) is 3.55. The van der Waals surface area contributed by atoms with Gasteiger partial charge >= 0.3 is 0 Å². The smallest absolute Gasteiger partial charge is 0.139 e. The maximum absolute atomic E-state index is 5.98. The maximum Gasteiger partial charge on any atom is 0.139 e. The van der Waals surface area contributed by atoms with Crippen molar-refractivity contribution in [2.24, 2.45) is 0 Å². The minimum atomic E-state index is -0.257. The summed E-state index contributed by atoms with van der Waals surface area (Å²) in [4.78, 5) is 0. The SMILES string of the molecule is CC1(C)C=Cc2cc3c(cc2O1)oc1ccccc13. The van der Waals surface area contributed by atoms with Crippen molar-refractivity contribution in [3.63, 3.8) is 0 Å². The molecule has 0 spiro atoms. The fraction of sp³-hybridized carbons (Fsp3) is 0.176. The molecule has 2 heteroatoms. The summed E-state index contributed by atoms with van der Waals surface area (Å²) in [5, 5.41) is 2.29. The molecular formula is C17H14O2. The summed E-state index contributed by atoms with van der Waals surface area (Å²) in [6, 6.07) is 12.2. The average molecular weight is 250 g/mol. The van der Waals surface area contributed by atoms with Crippen LogP contribution in [0.25, 0.3) is 28.0 Å². The van der Waals surface area contributed by atoms with Gasteiger partial charge in [0.2, 0.25) is 0 Å². The van der Waals surface area contributed by atoms with Gasteiger partial charge in [0.25, 0.3) is 0 Å². The fourth-order valence-electron chi connectivity index (χ4n) is 2.60. The van der Waals surface area contributed by atoms with Gasteiger partial charge in [0.15, 0.2) is 0 Å². The predicted octanol–water partition coefficient (Wildman–Crippen LogP) is 4.77. The number of ether oxygens (including phenoxy) is 1. The van der Waals surface area contributed by atoms with Crippen LogP contribution in [-0.2, 0) is 0 Å². The lowest BCUT2D eigenvalue weighted by Gasteiger charge is -2.27. The molecule has 4 rings (SSSR count). The van der Waals surface area contributed by atoms with E-state index >= 15 is 0 Å². The van der Waals surface area contributed by atoms with Crippen LogP contribution in [0.4, 0.5) is 0 Å². The molecule has 1 aliphatic rings. The summed E-state index contributed by atoms with van der Waals surface area (Å²) >= 11 is 0. The van der Waals surface area contributed by atoms with Crippen LogP contribution in [0.5, 0.6) is 5.75 Å². The normalized spacial score (nSPS) is 16.5. The van der Waals surface area contributed by atoms with E-state index in [2.05, 4.69) is 38.1 Å². The van der Waals surface area contributed by atoms with Crippen molar-refractivity contribution in [3.8, 4) is 5.75 Å². The molecule has 0 aliphatic carbocycles. The Balaban J connectivity index is 2.05. The van der Waals surface area contributed by atoms with E-state index in [0.717, 1.165) is 33.3 Å². The Morgan fingerprint density at radius 1 is 0.947 bits per heavy atom. The fourth-order valence-corrected chi connectivity index (χ4v) is 2.60. The van der Waals surface area contributed by atoms with E-state index in [9.17, 15) is 0 Å². The topological polar surface area (TPSA) is 22.4 Å². The Hall–Kier alpha value is -2.22. The zero-order chi connectivity index (χ0) is 13.0. The van der Waals surface area contributed by atoms with Gasteiger partial charge in [0, 0.05) is 22.4 Å². The molecule has 0 radical (unpaired) electrons. The van der Waals surface area contributed by atoms with Gasteiger partial charge < -0.3 is 9.15 Å². The van der Waals surface area contributed by atoms with Gasteiger partial charge in [-0.1, -0.05) is 24.3 Å². The minimum Gasteiger partial charge on any atom is -0.483 e. The van der Waals surface area contributed by atoms with E-state index in [1.54, 1.807) is 0 Å². The van der Waals surface area contributed by atoms with Crippen LogP contribution in [-0.4, -0.2) is 5.60 Å². The number of benzene rings is 2. The van der Waals surface area contributed by atoms with Crippen LogP contribution in [0.3, 0.4) is 0 Å². The Morgan fingerprint density at radius 3 is 2.68 bits per heavy atom. The summed E-state index contributed by atoms with van der Waals surface area (Å²) < 4.78 is 11.9. The molecule has 2 heterocycles. The van der Waals surface area contributed by atoms with Gasteiger partial charge in [-0.05, 0) is 32.1 Å². The van der Waals surface area contributed by atoms with Gasteiger partial charge in [0.1, 0.15) is 22.5 Å². The van der Waals surface area contributed by atoms with Crippen LogP contribution in [0.15, 0.2) is 46.9 Å². The number of hydrogen-bond acceptors (Lipinski definition) is 2. The van der Waals surface area contributed by atoms with E-state index in [1.165, 1.54) is 0 Å². The van der Waals surface area contributed by atoms with Crippen LogP contribution in [0.2, 0.25) is 0 Å². The molecule has 0 saturated carbocycles. The number of rotatable bonds is 0. The van der Waals surface area contributed by atoms with Gasteiger partial charge in [0.05, 0.1) is 0 Å². The monoisotopic (exact) mass is 250 g/mol. The molecule has 0 fully saturated rings. The van der Waals surface area contributed by atoms with Gasteiger partial charge in [-0.15, -0.1) is 0 Å². The van der Waals surface area contributed by atoms with Crippen molar-refractivity contribution < 1.29 is 9.15 Å². The first kappa shape index (κ1) is 10.7. The Morgan fingerprint density at radius 2 is 1.79 bits per heavy atom. The van der Waals surface area contributed by atoms with E-state index < -0.39 is 0 Å². The van der Waals surface area contributed by atoms with Crippen molar-refractivity contribution in [2.75, 3.05) is 0 Å². The molecular weight excluding hydrogens is 236 g/mol. The highest BCUT2D eigenvalue weighted by atomic mass is 16.5. The first-order valence-corrected chi connectivity index (χ1v) is 6.46. The van der Waals surface area contributed by atoms with Gasteiger partial charge in [-0.25, -0.2) is 0 Å². The summed E-state index contributed by atoms with van der Waals surface area (Å²) in [5.41, 5.74) is 2.65. The lowest BCUT2D eigenvalue weighted by atomic mass is 10.0. The highest BCUT2D eigenvalue weighted by Crippen LogP contribution is 2.37. The van der Waals surface area contributed by atoms with E-state index in [4.69, 9.17) is 9.15 Å². The molecule has 0 unspecified atom stereocenters. The number of fused-ring (bicyclic) bond motifs is 4. The molecule has 94 valence electrons. The summed E-state index contributed by atoms with van der Waals surface area (Å²) in [5.74, 6) is 0.888. The Labute approximate surface area is 111 Å². The second-order valence-electron chi connectivity index (χ2n) is 5.52. The van der Waals surface area contributed by atoms with E-state index in [1.807, 2.05) is 24.3 Å². The number of furan rings is 1. The molecule has 0 N–H and O–H groups in total. The molecule has 2 aromatic carbocycles. The summed E-state index contributed by atoms with van der Waals surface area (Å²) in [6.07, 6.45) is 4.21. The zero-order valence-electron chi connectivity index (χ0n) is 10.9. The van der Waals surface area contributed by atoms with Gasteiger partial charge in [-0.3, -0.25) is 0 Å². The molecule has 0 amide bonds. The van der Waals surface area contributed by atoms with E-state index in [-0.39, 0.29) is 5.60 Å². The summed E-state index contributed by atoms with van der Waals surface area (Å²) in [6.45, 7) is 4.10. The van der Waals surface area contributed by atoms with Crippen molar-refractivity contribution in [3.05, 3.63) is 48.0 Å². The van der Waals surface area contributed by atoms with Crippen LogP contribution < -0.4 is 4.74 Å². The molecule has 3 aromatic rings. The number of hydrogen-bond donors (Lipinski definition) is 0. The van der Waals surface area contributed by atoms with Crippen LogP contribution in [0, 0.1) is 0 Å². The van der Waals surface area contributed by atoms with Crippen molar-refractivity contribution in [1.29, 1.82) is 0 Å². The lowest BCUT2D eigenvalue weighted by molar-refractivity contribution is 0.159. The molecule has 1 aliphatic heterocycles. The molecule has 0 saturated heterocycles. The molecule has 1 aromatic heterocycles. The Kier molecular flexibility index (Phi) is 1.92. The second-order valence-corrected chi connectivity index (χ2v) is 5.52. The largest absolute Gasteiger partial charge is 0.483 e. The van der Waals surface area contributed by atoms with Crippen molar-refractivity contribution in [2.45, 2.75) is 19.4 Å². The zero-order valence-corrected chi connectivity index (χ0v) is 10.9. The molecule has 0 atom stereocenters. The third-order valence-corrected chi connectivity index (χ3v) is 3.55. The van der Waals surface area contributed by atoms with Gasteiger partial charge in [-0.2, -0.15) is 0 Å². The van der Waals surface area contributed by atoms with Crippen LogP contribution >= 0.6 is 0 Å². The standard InChI is InChI=1S/C17H14O2/c1-17(2)8-7-11-9-13-12-5-3-4-6-14(12)18-16(13)10-15(11)19-17/h3-10H,1-2H3. The third kappa shape index (κ3) is 1.56. The van der Waals surface area contributed by atoms with E-state index in [0.29, 0.717) is 0 Å². The predicted molar refractivity (Wildman–Crippen MR) is 77.5 cm³/mol. The molecule has 2 nitrogen and oxygen atoms in total. The van der Waals surface area contributed by atoms with Crippen molar-refractivity contribution >= 4 is 28.0 Å². The quantitative estimate of drug-likeness (QED) is 0.573. The molecule has 0 bridgehead atoms. The minimum absolute atomic E-state index is 0.257. The first-order chi connectivity index (χ1) is 9.12. The average Bonchev–Trinajstić information content (AvgIpc) is 2.72. The highest BCUT2D eigenvalue weighted by molar-refractivity contribution is 6.06. The summed E-state index contributed by atoms with van der Waals surface area (Å²) in [7, 11) is 0. The van der Waals surface area contributed by atoms with Crippen molar-refractivity contribution in [1.82, 2.24) is 0 Å². The Bertz CT molecular complexity index is 822. The van der Waals surface area contributed by atoms with Crippen LogP contribution in [0.1, 0.15) is 19.4 Å². The number of para-hydroxylation sites is 1. The second kappa shape index (κ2) is 3.41.